The van der Waals surface area contributed by atoms with Crippen molar-refractivity contribution in [1.82, 2.24) is 9.97 Å². The van der Waals surface area contributed by atoms with Crippen LogP contribution in [0.3, 0.4) is 0 Å². The van der Waals surface area contributed by atoms with Gasteiger partial charge in [0, 0.05) is 22.2 Å². The number of rotatable bonds is 3. The lowest BCUT2D eigenvalue weighted by Gasteiger charge is -2.05. The fraction of sp³-hybridized carbons (Fsp3) is 0. The quantitative estimate of drug-likeness (QED) is 0.455. The summed E-state index contributed by atoms with van der Waals surface area (Å²) in [5, 5.41) is 7.06. The zero-order valence-corrected chi connectivity index (χ0v) is 9.04. The monoisotopic (exact) mass is 238 g/mol. The summed E-state index contributed by atoms with van der Waals surface area (Å²) in [6.45, 7) is 0. The van der Waals surface area contributed by atoms with E-state index in [4.69, 9.17) is 11.1 Å². The van der Waals surface area contributed by atoms with Crippen molar-refractivity contribution in [1.29, 1.82) is 0 Å². The van der Waals surface area contributed by atoms with E-state index in [1.54, 1.807) is 36.7 Å². The van der Waals surface area contributed by atoms with E-state index >= 15 is 0 Å². The average molecular weight is 238 g/mol. The summed E-state index contributed by atoms with van der Waals surface area (Å²) >= 11 is 0. The maximum absolute atomic E-state index is 8.49. The number of aromatic nitrogens is 2. The zero-order valence-electron chi connectivity index (χ0n) is 9.04. The molecule has 0 aliphatic carbocycles. The molecule has 0 radical (unpaired) electrons. The highest BCUT2D eigenvalue weighted by Gasteiger charge is 2.10. The largest absolute Gasteiger partial charge is 0.254 e. The highest BCUT2D eigenvalue weighted by atomic mass is 15.2. The smallest absolute Gasteiger partial charge is 0.0986 e. The van der Waals surface area contributed by atoms with Crippen molar-refractivity contribution in [2.24, 2.45) is 10.2 Å². The number of hydrogen-bond donors (Lipinski definition) is 0. The lowest BCUT2D eigenvalue weighted by Crippen LogP contribution is -1.87. The van der Waals surface area contributed by atoms with Gasteiger partial charge in [-0.15, -0.1) is 0 Å². The minimum absolute atomic E-state index is 0.327. The van der Waals surface area contributed by atoms with Crippen molar-refractivity contribution in [3.63, 3.8) is 0 Å². The molecule has 2 aromatic heterocycles. The van der Waals surface area contributed by atoms with Crippen molar-refractivity contribution in [3.8, 4) is 11.4 Å². The number of pyridine rings is 2. The normalized spacial score (nSPS) is 9.11. The Kier molecular flexibility index (Phi) is 3.36. The molecule has 0 atom stereocenters. The van der Waals surface area contributed by atoms with E-state index in [2.05, 4.69) is 30.0 Å². The molecule has 0 fully saturated rings. The molecule has 0 N–H and O–H groups in total. The third kappa shape index (κ3) is 2.19. The Bertz CT molecular complexity index is 608. The van der Waals surface area contributed by atoms with Crippen LogP contribution in [-0.2, 0) is 0 Å². The van der Waals surface area contributed by atoms with Crippen LogP contribution in [0.25, 0.3) is 32.3 Å². The first-order chi connectivity index (χ1) is 8.86. The molecule has 0 unspecified atom stereocenters. The van der Waals surface area contributed by atoms with Crippen molar-refractivity contribution in [2.45, 2.75) is 0 Å². The summed E-state index contributed by atoms with van der Waals surface area (Å²) in [7, 11) is 0. The molecule has 0 saturated heterocycles. The molecule has 2 aromatic rings. The molecule has 2 rings (SSSR count). The molecule has 0 aromatic carbocycles. The second-order valence-corrected chi connectivity index (χ2v) is 3.12. The van der Waals surface area contributed by atoms with Gasteiger partial charge in [-0.3, -0.25) is 9.97 Å². The molecule has 0 saturated carbocycles. The minimum Gasteiger partial charge on any atom is -0.254 e. The molecule has 0 aliphatic heterocycles. The molecule has 8 heteroatoms. The van der Waals surface area contributed by atoms with E-state index in [-0.39, 0.29) is 0 Å². The van der Waals surface area contributed by atoms with Gasteiger partial charge in [0.05, 0.1) is 22.8 Å². The molecular weight excluding hydrogens is 232 g/mol. The maximum atomic E-state index is 8.49. The first kappa shape index (κ1) is 11.4. The third-order valence-corrected chi connectivity index (χ3v) is 2.10. The van der Waals surface area contributed by atoms with Crippen molar-refractivity contribution < 1.29 is 0 Å². The van der Waals surface area contributed by atoms with Crippen LogP contribution in [0.15, 0.2) is 46.9 Å². The number of hydrogen-bond acceptors (Lipinski definition) is 4. The molecule has 0 amide bonds. The Labute approximate surface area is 101 Å². The minimum atomic E-state index is 0.327. The Hall–Kier alpha value is -3.08. The van der Waals surface area contributed by atoms with E-state index in [1.807, 2.05) is 0 Å². The first-order valence-corrected chi connectivity index (χ1v) is 4.87. The predicted octanol–water partition coefficient (Wildman–Crippen LogP) is 4.03. The fourth-order valence-corrected chi connectivity index (χ4v) is 1.42. The van der Waals surface area contributed by atoms with Crippen molar-refractivity contribution >= 4 is 11.4 Å². The molecule has 0 bridgehead atoms. The van der Waals surface area contributed by atoms with Gasteiger partial charge in [-0.25, -0.2) is 0 Å². The summed E-state index contributed by atoms with van der Waals surface area (Å²) in [6, 6.07) is 6.50. The van der Waals surface area contributed by atoms with Crippen LogP contribution in [-0.4, -0.2) is 9.97 Å². The van der Waals surface area contributed by atoms with Gasteiger partial charge in [-0.05, 0) is 35.3 Å². The van der Waals surface area contributed by atoms with Crippen molar-refractivity contribution in [3.05, 3.63) is 57.5 Å². The summed E-state index contributed by atoms with van der Waals surface area (Å²) < 4.78 is 0. The topological polar surface area (TPSA) is 123 Å². The summed E-state index contributed by atoms with van der Waals surface area (Å²) in [5.74, 6) is 0. The highest BCUT2D eigenvalue weighted by Crippen LogP contribution is 2.32. The number of azide groups is 2. The molecule has 0 aliphatic rings. The molecule has 86 valence electrons. The van der Waals surface area contributed by atoms with Gasteiger partial charge >= 0.3 is 0 Å². The summed E-state index contributed by atoms with van der Waals surface area (Å²) in [5.41, 5.74) is 18.4. The Morgan fingerprint density at radius 1 is 0.833 bits per heavy atom. The lowest BCUT2D eigenvalue weighted by atomic mass is 10.2. The van der Waals surface area contributed by atoms with Crippen LogP contribution < -0.4 is 0 Å². The van der Waals surface area contributed by atoms with E-state index in [9.17, 15) is 0 Å². The fourth-order valence-electron chi connectivity index (χ4n) is 1.42. The Morgan fingerprint density at radius 3 is 1.67 bits per heavy atom. The maximum Gasteiger partial charge on any atom is 0.0986 e. The molecular formula is C10H6N8. The van der Waals surface area contributed by atoms with Gasteiger partial charge in [0.1, 0.15) is 0 Å². The van der Waals surface area contributed by atoms with E-state index in [1.165, 1.54) is 0 Å². The van der Waals surface area contributed by atoms with E-state index in [0.29, 0.717) is 22.8 Å². The molecule has 0 spiro atoms. The van der Waals surface area contributed by atoms with Gasteiger partial charge in [-0.2, -0.15) is 0 Å². The Morgan fingerprint density at radius 2 is 1.28 bits per heavy atom. The van der Waals surface area contributed by atoms with E-state index in [0.717, 1.165) is 0 Å². The van der Waals surface area contributed by atoms with E-state index < -0.39 is 0 Å². The van der Waals surface area contributed by atoms with Gasteiger partial charge in [0.15, 0.2) is 0 Å². The third-order valence-electron chi connectivity index (χ3n) is 2.10. The predicted molar refractivity (Wildman–Crippen MR) is 65.1 cm³/mol. The van der Waals surface area contributed by atoms with Crippen molar-refractivity contribution in [2.75, 3.05) is 0 Å². The zero-order chi connectivity index (χ0) is 12.8. The molecule has 2 heterocycles. The first-order valence-electron chi connectivity index (χ1n) is 4.87. The average Bonchev–Trinajstić information content (AvgIpc) is 2.41. The van der Waals surface area contributed by atoms with Crippen LogP contribution in [0.4, 0.5) is 11.4 Å². The SMILES string of the molecule is [N-]=[N+]=Nc1cccnc1-c1ncccc1N=[N+]=[N-]. The van der Waals surface area contributed by atoms with Crippen LogP contribution in [0.5, 0.6) is 0 Å². The van der Waals surface area contributed by atoms with Gasteiger partial charge in [-0.1, -0.05) is 10.2 Å². The van der Waals surface area contributed by atoms with Gasteiger partial charge in [0.2, 0.25) is 0 Å². The summed E-state index contributed by atoms with van der Waals surface area (Å²) in [4.78, 5) is 13.6. The van der Waals surface area contributed by atoms with Crippen LogP contribution in [0, 0.1) is 0 Å². The second kappa shape index (κ2) is 5.31. The second-order valence-electron chi connectivity index (χ2n) is 3.12. The molecule has 18 heavy (non-hydrogen) atoms. The Balaban J connectivity index is 2.69. The summed E-state index contributed by atoms with van der Waals surface area (Å²) in [6.07, 6.45) is 3.08. The lowest BCUT2D eigenvalue weighted by molar-refractivity contribution is 1.22. The number of nitrogens with zero attached hydrogens (tertiary/aromatic N) is 8. The van der Waals surface area contributed by atoms with Crippen LogP contribution >= 0.6 is 0 Å². The molecule has 8 nitrogen and oxygen atoms in total. The highest BCUT2D eigenvalue weighted by molar-refractivity contribution is 5.77. The standard InChI is InChI=1S/C10H6N8/c11-17-15-7-3-1-5-13-9(7)10-8(16-18-12)4-2-6-14-10/h1-6H. The van der Waals surface area contributed by atoms with Crippen LogP contribution in [0.1, 0.15) is 0 Å². The van der Waals surface area contributed by atoms with Crippen LogP contribution in [0.2, 0.25) is 0 Å². The van der Waals surface area contributed by atoms with Gasteiger partial charge in [0.25, 0.3) is 0 Å². The van der Waals surface area contributed by atoms with Gasteiger partial charge < -0.3 is 0 Å².